The maximum Gasteiger partial charge on any atom is 0.314 e. The Morgan fingerprint density at radius 3 is 1.92 bits per heavy atom. The Morgan fingerprint density at radius 1 is 1.00 bits per heavy atom. The Hall–Kier alpha value is -2.22. The van der Waals surface area contributed by atoms with Crippen LogP contribution in [0.5, 0.6) is 5.75 Å². The lowest BCUT2D eigenvalue weighted by atomic mass is 10.1. The monoisotopic (exact) mass is 361 g/mol. The summed E-state index contributed by atoms with van der Waals surface area (Å²) in [6.45, 7) is 1.09. The molecule has 6 nitrogen and oxygen atoms in total. The molecule has 0 radical (unpaired) electrons. The predicted molar refractivity (Wildman–Crippen MR) is 98.8 cm³/mol. The van der Waals surface area contributed by atoms with Gasteiger partial charge < -0.3 is 19.9 Å². The first-order valence-corrected chi connectivity index (χ1v) is 9.19. The van der Waals surface area contributed by atoms with E-state index in [4.69, 9.17) is 9.88 Å². The number of methoxy groups -OCH3 is 1. The molecule has 0 heterocycles. The van der Waals surface area contributed by atoms with Crippen LogP contribution in [-0.2, 0) is 24.2 Å². The van der Waals surface area contributed by atoms with Gasteiger partial charge in [0.2, 0.25) is 0 Å². The molecule has 0 bridgehead atoms. The second kappa shape index (κ2) is 9.93. The molecule has 0 spiro atoms. The van der Waals surface area contributed by atoms with E-state index >= 15 is 0 Å². The van der Waals surface area contributed by atoms with Crippen LogP contribution in [0.4, 0.5) is 4.79 Å². The van der Waals surface area contributed by atoms with Crippen LogP contribution in [0.2, 0.25) is 0 Å². The molecule has 25 heavy (non-hydrogen) atoms. The number of carbonyl (C=O) groups is 1. The summed E-state index contributed by atoms with van der Waals surface area (Å²) in [5.41, 5.74) is 2.19. The number of nitrogens with one attached hydrogen (secondary N) is 2. The molecule has 2 aromatic carbocycles. The highest BCUT2D eigenvalue weighted by Crippen LogP contribution is 2.11. The second-order valence-electron chi connectivity index (χ2n) is 5.47. The number of benzene rings is 2. The van der Waals surface area contributed by atoms with Crippen molar-refractivity contribution in [1.29, 1.82) is 0 Å². The molecule has 0 saturated heterocycles. The minimum atomic E-state index is -1.46. The van der Waals surface area contributed by atoms with Crippen LogP contribution in [0, 0.1) is 0 Å². The Balaban J connectivity index is 1.63. The van der Waals surface area contributed by atoms with Gasteiger partial charge in [0.1, 0.15) is 5.75 Å². The smallest absolute Gasteiger partial charge is 0.314 e. The Bertz CT molecular complexity index is 660. The van der Waals surface area contributed by atoms with Crippen LogP contribution in [0.3, 0.4) is 0 Å². The fourth-order valence-corrected chi connectivity index (χ4v) is 2.69. The normalized spacial score (nSPS) is 11.6. The molecule has 2 aromatic rings. The summed E-state index contributed by atoms with van der Waals surface area (Å²) in [6.07, 6.45) is 1.46. The lowest BCUT2D eigenvalue weighted by Gasteiger charge is -2.08. The van der Waals surface area contributed by atoms with Crippen molar-refractivity contribution < 1.29 is 14.1 Å². The average molecular weight is 361 g/mol. The van der Waals surface area contributed by atoms with Gasteiger partial charge in [0.15, 0.2) is 4.90 Å². The summed E-state index contributed by atoms with van der Waals surface area (Å²) in [6, 6.07) is 14.8. The zero-order valence-electron chi connectivity index (χ0n) is 14.2. The SMILES string of the molecule is COc1ccc(CCNC(=O)NCCc2ccc([S+](N)[O-])cc2)cc1. The Labute approximate surface area is 151 Å². The van der Waals surface area contributed by atoms with Crippen molar-refractivity contribution in [2.45, 2.75) is 17.7 Å². The molecule has 0 aliphatic carbocycles. The van der Waals surface area contributed by atoms with E-state index in [-0.39, 0.29) is 6.03 Å². The van der Waals surface area contributed by atoms with E-state index in [1.165, 1.54) is 0 Å². The molecule has 2 amide bonds. The van der Waals surface area contributed by atoms with Gasteiger partial charge in [-0.05, 0) is 48.2 Å². The highest BCUT2D eigenvalue weighted by molar-refractivity contribution is 7.89. The molecule has 134 valence electrons. The second-order valence-corrected chi connectivity index (χ2v) is 6.54. The molecule has 1 atom stereocenters. The van der Waals surface area contributed by atoms with Crippen LogP contribution in [-0.4, -0.2) is 30.8 Å². The summed E-state index contributed by atoms with van der Waals surface area (Å²) < 4.78 is 16.2. The fourth-order valence-electron chi connectivity index (χ4n) is 2.29. The quantitative estimate of drug-likeness (QED) is 0.624. The van der Waals surface area contributed by atoms with Gasteiger partial charge in [-0.2, -0.15) is 0 Å². The Kier molecular flexibility index (Phi) is 7.59. The number of nitrogens with two attached hydrogens (primary N) is 1. The minimum Gasteiger partial charge on any atom is -0.593 e. The third-order valence-electron chi connectivity index (χ3n) is 3.71. The molecule has 0 aliphatic heterocycles. The molecular weight excluding hydrogens is 338 g/mol. The van der Waals surface area contributed by atoms with Crippen LogP contribution in [0.15, 0.2) is 53.4 Å². The number of hydrogen-bond acceptors (Lipinski definition) is 4. The van der Waals surface area contributed by atoms with Crippen molar-refractivity contribution in [2.24, 2.45) is 5.14 Å². The van der Waals surface area contributed by atoms with E-state index in [0.29, 0.717) is 24.4 Å². The number of rotatable bonds is 8. The maximum absolute atomic E-state index is 11.8. The summed E-state index contributed by atoms with van der Waals surface area (Å²) in [4.78, 5) is 12.4. The first-order valence-electron chi connectivity index (χ1n) is 7.98. The van der Waals surface area contributed by atoms with Gasteiger partial charge in [-0.3, -0.25) is 0 Å². The average Bonchev–Trinajstić information content (AvgIpc) is 2.63. The third kappa shape index (κ3) is 6.66. The lowest BCUT2D eigenvalue weighted by Crippen LogP contribution is -2.37. The summed E-state index contributed by atoms with van der Waals surface area (Å²) in [7, 11) is 1.63. The highest BCUT2D eigenvalue weighted by atomic mass is 32.2. The van der Waals surface area contributed by atoms with E-state index < -0.39 is 11.4 Å². The maximum atomic E-state index is 11.8. The zero-order chi connectivity index (χ0) is 18.1. The molecule has 4 N–H and O–H groups in total. The standard InChI is InChI=1S/C18H23N3O3S/c1-24-16-6-2-14(3-7-16)10-12-20-18(22)21-13-11-15-4-8-17(9-5-15)25(19)23/h2-9H,10-13,19H2,1H3,(H2,20,21,22). The molecule has 0 aromatic heterocycles. The van der Waals surface area contributed by atoms with Gasteiger partial charge in [0, 0.05) is 13.1 Å². The van der Waals surface area contributed by atoms with Gasteiger partial charge >= 0.3 is 6.03 Å². The van der Waals surface area contributed by atoms with Gasteiger partial charge in [-0.15, -0.1) is 5.14 Å². The topological polar surface area (TPSA) is 99.4 Å². The molecule has 7 heteroatoms. The van der Waals surface area contributed by atoms with Crippen molar-refractivity contribution >= 4 is 17.4 Å². The van der Waals surface area contributed by atoms with E-state index in [2.05, 4.69) is 10.6 Å². The lowest BCUT2D eigenvalue weighted by molar-refractivity contribution is 0.241. The third-order valence-corrected chi connectivity index (χ3v) is 4.45. The van der Waals surface area contributed by atoms with Gasteiger partial charge in [0.25, 0.3) is 0 Å². The molecular formula is C18H23N3O3S. The van der Waals surface area contributed by atoms with Gasteiger partial charge in [-0.25, -0.2) is 4.79 Å². The first kappa shape index (κ1) is 19.1. The van der Waals surface area contributed by atoms with E-state index in [9.17, 15) is 9.35 Å². The van der Waals surface area contributed by atoms with Crippen LogP contribution in [0.1, 0.15) is 11.1 Å². The van der Waals surface area contributed by atoms with Crippen molar-refractivity contribution in [2.75, 3.05) is 20.2 Å². The number of hydrogen-bond donors (Lipinski definition) is 3. The molecule has 1 unspecified atom stereocenters. The molecule has 2 rings (SSSR count). The summed E-state index contributed by atoms with van der Waals surface area (Å²) >= 11 is -1.46. The van der Waals surface area contributed by atoms with Gasteiger partial charge in [0.05, 0.1) is 18.5 Å². The van der Waals surface area contributed by atoms with Crippen LogP contribution < -0.4 is 20.5 Å². The van der Waals surface area contributed by atoms with Crippen molar-refractivity contribution in [3.63, 3.8) is 0 Å². The number of amides is 2. The fraction of sp³-hybridized carbons (Fsp3) is 0.278. The Morgan fingerprint density at radius 2 is 1.48 bits per heavy atom. The largest absolute Gasteiger partial charge is 0.593 e. The number of carbonyl (C=O) groups excluding carboxylic acids is 1. The van der Waals surface area contributed by atoms with E-state index in [1.54, 1.807) is 19.2 Å². The molecule has 0 saturated carbocycles. The van der Waals surface area contributed by atoms with E-state index in [1.807, 2.05) is 36.4 Å². The van der Waals surface area contributed by atoms with E-state index in [0.717, 1.165) is 23.3 Å². The van der Waals surface area contributed by atoms with Crippen molar-refractivity contribution in [1.82, 2.24) is 10.6 Å². The van der Waals surface area contributed by atoms with Gasteiger partial charge in [-0.1, -0.05) is 24.3 Å². The molecule has 0 fully saturated rings. The van der Waals surface area contributed by atoms with Crippen molar-refractivity contribution in [3.05, 3.63) is 59.7 Å². The predicted octanol–water partition coefficient (Wildman–Crippen LogP) is 1.76. The molecule has 0 aliphatic rings. The number of urea groups is 1. The minimum absolute atomic E-state index is 0.187. The van der Waals surface area contributed by atoms with Crippen molar-refractivity contribution in [3.8, 4) is 5.75 Å². The zero-order valence-corrected chi connectivity index (χ0v) is 15.0. The summed E-state index contributed by atoms with van der Waals surface area (Å²) in [5, 5.41) is 11.0. The summed E-state index contributed by atoms with van der Waals surface area (Å²) in [5.74, 6) is 0.820. The number of ether oxygens (including phenoxy) is 1. The first-order chi connectivity index (χ1) is 12.1. The van der Waals surface area contributed by atoms with Crippen LogP contribution in [0.25, 0.3) is 0 Å². The highest BCUT2D eigenvalue weighted by Gasteiger charge is 2.05. The van der Waals surface area contributed by atoms with Crippen LogP contribution >= 0.6 is 0 Å².